The van der Waals surface area contributed by atoms with Gasteiger partial charge in [0.2, 0.25) is 5.91 Å². The van der Waals surface area contributed by atoms with Crippen molar-refractivity contribution in [2.75, 3.05) is 0 Å². The third kappa shape index (κ3) is 3.23. The van der Waals surface area contributed by atoms with E-state index in [0.29, 0.717) is 6.42 Å². The van der Waals surface area contributed by atoms with E-state index in [-0.39, 0.29) is 11.9 Å². The highest BCUT2D eigenvalue weighted by atomic mass is 16.1. The van der Waals surface area contributed by atoms with E-state index >= 15 is 0 Å². The number of fused-ring (bicyclic) bond motifs is 1. The zero-order valence-electron chi connectivity index (χ0n) is 17.0. The van der Waals surface area contributed by atoms with Crippen LogP contribution in [0, 0.1) is 20.8 Å². The zero-order chi connectivity index (χ0) is 19.8. The largest absolute Gasteiger partial charge is 0.349 e. The lowest BCUT2D eigenvalue weighted by molar-refractivity contribution is -0.121. The van der Waals surface area contributed by atoms with E-state index in [2.05, 4.69) is 15.5 Å². The topological polar surface area (TPSA) is 64.7 Å². The molecule has 1 N–H and O–H groups in total. The van der Waals surface area contributed by atoms with Gasteiger partial charge < -0.3 is 5.32 Å². The molecule has 0 saturated carbocycles. The van der Waals surface area contributed by atoms with Gasteiger partial charge in [0.1, 0.15) is 0 Å². The minimum Gasteiger partial charge on any atom is -0.349 e. The molecule has 1 atom stereocenters. The van der Waals surface area contributed by atoms with Crippen LogP contribution in [0.1, 0.15) is 52.8 Å². The molecule has 0 radical (unpaired) electrons. The van der Waals surface area contributed by atoms with Crippen LogP contribution < -0.4 is 5.32 Å². The first-order chi connectivity index (χ1) is 13.5. The van der Waals surface area contributed by atoms with Gasteiger partial charge in [0.25, 0.3) is 0 Å². The number of nitrogens with zero attached hydrogens (tertiary/aromatic N) is 4. The van der Waals surface area contributed by atoms with E-state index in [1.54, 1.807) is 0 Å². The number of amides is 1. The molecule has 2 heterocycles. The molecule has 146 valence electrons. The van der Waals surface area contributed by atoms with Crippen LogP contribution in [0.2, 0.25) is 0 Å². The number of rotatable bonds is 4. The summed E-state index contributed by atoms with van der Waals surface area (Å²) in [6, 6.07) is 10.1. The van der Waals surface area contributed by atoms with Crippen LogP contribution in [0.5, 0.6) is 0 Å². The van der Waals surface area contributed by atoms with Gasteiger partial charge in [-0.15, -0.1) is 0 Å². The molecule has 6 heteroatoms. The minimum atomic E-state index is 0.0416. The van der Waals surface area contributed by atoms with Gasteiger partial charge in [0.15, 0.2) is 0 Å². The predicted octanol–water partition coefficient (Wildman–Crippen LogP) is 3.27. The van der Waals surface area contributed by atoms with Gasteiger partial charge in [-0.05, 0) is 52.2 Å². The summed E-state index contributed by atoms with van der Waals surface area (Å²) in [5.41, 5.74) is 7.40. The van der Waals surface area contributed by atoms with E-state index in [9.17, 15) is 4.79 Å². The smallest absolute Gasteiger partial charge is 0.225 e. The Balaban J connectivity index is 1.54. The average molecular weight is 377 g/mol. The third-order valence-electron chi connectivity index (χ3n) is 5.76. The van der Waals surface area contributed by atoms with Gasteiger partial charge in [-0.1, -0.05) is 18.2 Å². The van der Waals surface area contributed by atoms with E-state index in [4.69, 9.17) is 0 Å². The highest BCUT2D eigenvalue weighted by Gasteiger charge is 2.28. The summed E-state index contributed by atoms with van der Waals surface area (Å²) in [7, 11) is 1.99. The fraction of sp³-hybridized carbons (Fsp3) is 0.409. The second-order valence-corrected chi connectivity index (χ2v) is 7.66. The van der Waals surface area contributed by atoms with Crippen molar-refractivity contribution in [3.63, 3.8) is 0 Å². The molecule has 1 unspecified atom stereocenters. The molecule has 1 amide bonds. The van der Waals surface area contributed by atoms with Crippen LogP contribution in [0.25, 0.3) is 5.69 Å². The Morgan fingerprint density at radius 2 is 1.89 bits per heavy atom. The van der Waals surface area contributed by atoms with Gasteiger partial charge in [0, 0.05) is 29.6 Å². The summed E-state index contributed by atoms with van der Waals surface area (Å²) in [4.78, 5) is 12.9. The maximum absolute atomic E-state index is 12.9. The molecule has 2 aromatic heterocycles. The Labute approximate surface area is 165 Å². The highest BCUT2D eigenvalue weighted by Crippen LogP contribution is 2.32. The monoisotopic (exact) mass is 377 g/mol. The van der Waals surface area contributed by atoms with Crippen molar-refractivity contribution in [2.45, 2.75) is 52.5 Å². The van der Waals surface area contributed by atoms with Crippen molar-refractivity contribution in [3.8, 4) is 5.69 Å². The number of nitrogens with one attached hydrogen (secondary N) is 1. The maximum atomic E-state index is 12.9. The number of benzene rings is 1. The maximum Gasteiger partial charge on any atom is 0.225 e. The molecule has 0 aliphatic heterocycles. The molecule has 3 aromatic rings. The molecule has 1 aliphatic carbocycles. The van der Waals surface area contributed by atoms with E-state index < -0.39 is 0 Å². The van der Waals surface area contributed by atoms with Crippen molar-refractivity contribution in [2.24, 2.45) is 7.05 Å². The summed E-state index contributed by atoms with van der Waals surface area (Å²) < 4.78 is 3.88. The average Bonchev–Trinajstić information content (AvgIpc) is 3.13. The van der Waals surface area contributed by atoms with Crippen molar-refractivity contribution in [1.29, 1.82) is 0 Å². The molecule has 0 saturated heterocycles. The summed E-state index contributed by atoms with van der Waals surface area (Å²) in [5.74, 6) is 0.0416. The number of hydrogen-bond acceptors (Lipinski definition) is 3. The van der Waals surface area contributed by atoms with Crippen molar-refractivity contribution >= 4 is 5.91 Å². The standard InChI is InChI=1S/C22H27N5O/c1-14-18(16(3)27(25-14)17-9-6-5-7-10-17)13-21(28)23-19-11-8-12-20-22(19)15(2)24-26(20)4/h5-7,9-10,19H,8,11-13H2,1-4H3,(H,23,28). The quantitative estimate of drug-likeness (QED) is 0.759. The Hall–Kier alpha value is -2.89. The van der Waals surface area contributed by atoms with Crippen LogP contribution in [0.3, 0.4) is 0 Å². The molecule has 0 fully saturated rings. The highest BCUT2D eigenvalue weighted by molar-refractivity contribution is 5.79. The number of carbonyl (C=O) groups is 1. The Morgan fingerprint density at radius 3 is 2.64 bits per heavy atom. The second-order valence-electron chi connectivity index (χ2n) is 7.66. The number of hydrogen-bond donors (Lipinski definition) is 1. The first-order valence-electron chi connectivity index (χ1n) is 9.88. The number of aromatic nitrogens is 4. The Bertz CT molecular complexity index is 1020. The van der Waals surface area contributed by atoms with E-state index in [1.807, 2.05) is 67.5 Å². The molecule has 4 rings (SSSR count). The third-order valence-corrected chi connectivity index (χ3v) is 5.76. The van der Waals surface area contributed by atoms with Gasteiger partial charge in [-0.3, -0.25) is 9.48 Å². The Morgan fingerprint density at radius 1 is 1.14 bits per heavy atom. The van der Waals surface area contributed by atoms with Crippen molar-refractivity contribution in [3.05, 3.63) is 64.2 Å². The normalized spacial score (nSPS) is 16.1. The van der Waals surface area contributed by atoms with Crippen LogP contribution >= 0.6 is 0 Å². The van der Waals surface area contributed by atoms with E-state index in [1.165, 1.54) is 11.3 Å². The number of aryl methyl sites for hydroxylation is 3. The minimum absolute atomic E-state index is 0.0416. The first-order valence-corrected chi connectivity index (χ1v) is 9.88. The van der Waals surface area contributed by atoms with Crippen molar-refractivity contribution in [1.82, 2.24) is 24.9 Å². The van der Waals surface area contributed by atoms with Gasteiger partial charge in [-0.25, -0.2) is 4.68 Å². The molecular weight excluding hydrogens is 350 g/mol. The lowest BCUT2D eigenvalue weighted by Gasteiger charge is -2.24. The van der Waals surface area contributed by atoms with Crippen LogP contribution in [0.15, 0.2) is 30.3 Å². The summed E-state index contributed by atoms with van der Waals surface area (Å²) in [6.45, 7) is 6.03. The van der Waals surface area contributed by atoms with Crippen LogP contribution in [0.4, 0.5) is 0 Å². The van der Waals surface area contributed by atoms with Crippen molar-refractivity contribution < 1.29 is 4.79 Å². The number of para-hydroxylation sites is 1. The summed E-state index contributed by atoms with van der Waals surface area (Å²) in [5, 5.41) is 12.5. The molecule has 0 spiro atoms. The zero-order valence-corrected chi connectivity index (χ0v) is 17.0. The fourth-order valence-electron chi connectivity index (χ4n) is 4.39. The van der Waals surface area contributed by atoms with Gasteiger partial charge >= 0.3 is 0 Å². The number of carbonyl (C=O) groups excluding carboxylic acids is 1. The Kier molecular flexibility index (Phi) is 4.79. The summed E-state index contributed by atoms with van der Waals surface area (Å²) in [6.07, 6.45) is 3.41. The SMILES string of the molecule is Cc1nn(-c2ccccc2)c(C)c1CC(=O)NC1CCCc2c1c(C)nn2C. The molecule has 0 bridgehead atoms. The lowest BCUT2D eigenvalue weighted by atomic mass is 9.90. The van der Waals surface area contributed by atoms with Crippen LogP contribution in [-0.4, -0.2) is 25.5 Å². The van der Waals surface area contributed by atoms with Crippen LogP contribution in [-0.2, 0) is 24.7 Å². The van der Waals surface area contributed by atoms with Gasteiger partial charge in [-0.2, -0.15) is 10.2 Å². The first kappa shape index (κ1) is 18.5. The van der Waals surface area contributed by atoms with E-state index in [0.717, 1.165) is 47.6 Å². The molecular formula is C22H27N5O. The van der Waals surface area contributed by atoms with Gasteiger partial charge in [0.05, 0.1) is 29.5 Å². The molecule has 1 aromatic carbocycles. The molecule has 1 aliphatic rings. The second kappa shape index (κ2) is 7.26. The lowest BCUT2D eigenvalue weighted by Crippen LogP contribution is -2.32. The fourth-order valence-corrected chi connectivity index (χ4v) is 4.39. The summed E-state index contributed by atoms with van der Waals surface area (Å²) >= 11 is 0. The molecule has 28 heavy (non-hydrogen) atoms. The predicted molar refractivity (Wildman–Crippen MR) is 109 cm³/mol. The molecule has 6 nitrogen and oxygen atoms in total.